The lowest BCUT2D eigenvalue weighted by atomic mass is 10.4. The Labute approximate surface area is 158 Å². The summed E-state index contributed by atoms with van der Waals surface area (Å²) in [5.74, 6) is -3.54. The third-order valence-corrected chi connectivity index (χ3v) is 7.61. The molecule has 1 fully saturated rings. The number of benzene rings is 1. The third kappa shape index (κ3) is 6.57. The average molecular weight is 422 g/mol. The molecule has 0 saturated carbocycles. The lowest BCUT2D eigenvalue weighted by molar-refractivity contribution is -0.159. The number of sulfonamides is 2. The molecule has 0 amide bonds. The monoisotopic (exact) mass is 422 g/mol. The van der Waals surface area contributed by atoms with Crippen molar-refractivity contribution in [3.8, 4) is 0 Å². The van der Waals surface area contributed by atoms with Gasteiger partial charge in [0.1, 0.15) is 0 Å². The minimum Gasteiger partial charge on any atom is -0.473 e. The van der Waals surface area contributed by atoms with Gasteiger partial charge < -0.3 is 10.2 Å². The number of carboxylic acid groups (broad SMARTS) is 2. The molecule has 152 valence electrons. The van der Waals surface area contributed by atoms with Crippen molar-refractivity contribution in [2.24, 2.45) is 0 Å². The molecular formula is C15H22N2O8S2. The second-order valence-electron chi connectivity index (χ2n) is 5.54. The predicted octanol–water partition coefficient (Wildman–Crippen LogP) is -0.112. The van der Waals surface area contributed by atoms with E-state index in [1.54, 1.807) is 30.3 Å². The van der Waals surface area contributed by atoms with Crippen LogP contribution in [0.1, 0.15) is 13.3 Å². The molecule has 1 aromatic carbocycles. The van der Waals surface area contributed by atoms with Gasteiger partial charge in [0.05, 0.1) is 10.6 Å². The summed E-state index contributed by atoms with van der Waals surface area (Å²) >= 11 is 0. The number of carboxylic acids is 2. The van der Waals surface area contributed by atoms with Gasteiger partial charge in [-0.3, -0.25) is 0 Å². The Hall–Kier alpha value is -2.02. The van der Waals surface area contributed by atoms with E-state index < -0.39 is 32.0 Å². The van der Waals surface area contributed by atoms with E-state index in [0.717, 1.165) is 0 Å². The minimum atomic E-state index is -3.53. The third-order valence-electron chi connectivity index (χ3n) is 3.62. The zero-order valence-corrected chi connectivity index (χ0v) is 16.3. The summed E-state index contributed by atoms with van der Waals surface area (Å²) in [5, 5.41) is 14.8. The fourth-order valence-corrected chi connectivity index (χ4v) is 5.25. The molecule has 1 aliphatic heterocycles. The zero-order chi connectivity index (χ0) is 20.7. The highest BCUT2D eigenvalue weighted by molar-refractivity contribution is 7.89. The van der Waals surface area contributed by atoms with Crippen LogP contribution < -0.4 is 0 Å². The van der Waals surface area contributed by atoms with E-state index in [9.17, 15) is 16.8 Å². The van der Waals surface area contributed by atoms with E-state index >= 15 is 0 Å². The molecule has 10 nitrogen and oxygen atoms in total. The second kappa shape index (κ2) is 9.78. The van der Waals surface area contributed by atoms with Crippen molar-refractivity contribution in [2.75, 3.05) is 31.9 Å². The first-order valence-electron chi connectivity index (χ1n) is 8.01. The van der Waals surface area contributed by atoms with Gasteiger partial charge in [-0.25, -0.2) is 26.4 Å². The highest BCUT2D eigenvalue weighted by atomic mass is 32.2. The van der Waals surface area contributed by atoms with Crippen LogP contribution in [0.3, 0.4) is 0 Å². The van der Waals surface area contributed by atoms with E-state index in [4.69, 9.17) is 19.8 Å². The Balaban J connectivity index is 0.000000527. The van der Waals surface area contributed by atoms with Gasteiger partial charge in [-0.1, -0.05) is 25.1 Å². The van der Waals surface area contributed by atoms with Crippen LogP contribution in [0.2, 0.25) is 0 Å². The first kappa shape index (κ1) is 23.0. The number of hydrogen-bond donors (Lipinski definition) is 2. The van der Waals surface area contributed by atoms with Crippen molar-refractivity contribution in [2.45, 2.75) is 18.2 Å². The van der Waals surface area contributed by atoms with Crippen molar-refractivity contribution in [3.05, 3.63) is 30.3 Å². The van der Waals surface area contributed by atoms with Crippen LogP contribution in [0.25, 0.3) is 0 Å². The molecule has 0 aliphatic carbocycles. The zero-order valence-electron chi connectivity index (χ0n) is 14.7. The van der Waals surface area contributed by atoms with Crippen LogP contribution in [-0.2, 0) is 29.6 Å². The summed E-state index contributed by atoms with van der Waals surface area (Å²) in [5.41, 5.74) is 0. The number of hydrogen-bond acceptors (Lipinski definition) is 6. The molecule has 0 atom stereocenters. The van der Waals surface area contributed by atoms with Crippen LogP contribution in [0.4, 0.5) is 0 Å². The highest BCUT2D eigenvalue weighted by Gasteiger charge is 2.32. The van der Waals surface area contributed by atoms with Gasteiger partial charge in [-0.15, -0.1) is 0 Å². The summed E-state index contributed by atoms with van der Waals surface area (Å²) in [6.45, 7) is 2.64. The summed E-state index contributed by atoms with van der Waals surface area (Å²) in [7, 11) is -6.79. The van der Waals surface area contributed by atoms with Crippen molar-refractivity contribution < 1.29 is 36.6 Å². The molecule has 12 heteroatoms. The Bertz CT molecular complexity index is 833. The molecule has 1 heterocycles. The van der Waals surface area contributed by atoms with Crippen molar-refractivity contribution >= 4 is 32.0 Å². The van der Waals surface area contributed by atoms with E-state index in [-0.39, 0.29) is 36.8 Å². The van der Waals surface area contributed by atoms with E-state index in [1.165, 1.54) is 8.61 Å². The lowest BCUT2D eigenvalue weighted by Gasteiger charge is -2.33. The topological polar surface area (TPSA) is 149 Å². The summed E-state index contributed by atoms with van der Waals surface area (Å²) < 4.78 is 51.5. The maximum atomic E-state index is 12.4. The molecule has 1 aromatic rings. The SMILES string of the molecule is CCCS(=O)(=O)N1CCN(S(=O)(=O)c2ccccc2)CC1.O=C(O)C(=O)O. The van der Waals surface area contributed by atoms with Gasteiger partial charge in [0, 0.05) is 26.2 Å². The van der Waals surface area contributed by atoms with Crippen LogP contribution in [0.15, 0.2) is 35.2 Å². The fourth-order valence-electron chi connectivity index (χ4n) is 2.32. The molecule has 0 radical (unpaired) electrons. The van der Waals surface area contributed by atoms with Gasteiger partial charge >= 0.3 is 11.9 Å². The van der Waals surface area contributed by atoms with Crippen LogP contribution in [0, 0.1) is 0 Å². The average Bonchev–Trinajstić information content (AvgIpc) is 2.63. The molecule has 0 bridgehead atoms. The van der Waals surface area contributed by atoms with Gasteiger partial charge in [0.2, 0.25) is 20.0 Å². The Kier molecular flexibility index (Phi) is 8.34. The molecule has 1 saturated heterocycles. The summed E-state index contributed by atoms with van der Waals surface area (Å²) in [6.07, 6.45) is 0.560. The lowest BCUT2D eigenvalue weighted by Crippen LogP contribution is -2.50. The number of nitrogens with zero attached hydrogens (tertiary/aromatic N) is 2. The van der Waals surface area contributed by atoms with Crippen molar-refractivity contribution in [1.82, 2.24) is 8.61 Å². The first-order valence-corrected chi connectivity index (χ1v) is 11.1. The van der Waals surface area contributed by atoms with Gasteiger partial charge in [-0.05, 0) is 18.6 Å². The van der Waals surface area contributed by atoms with Gasteiger partial charge in [0.25, 0.3) is 0 Å². The Morgan fingerprint density at radius 1 is 0.889 bits per heavy atom. The van der Waals surface area contributed by atoms with Gasteiger partial charge in [-0.2, -0.15) is 8.61 Å². The molecular weight excluding hydrogens is 400 g/mol. The fraction of sp³-hybridized carbons (Fsp3) is 0.467. The minimum absolute atomic E-state index is 0.110. The van der Waals surface area contributed by atoms with Crippen LogP contribution in [0.5, 0.6) is 0 Å². The highest BCUT2D eigenvalue weighted by Crippen LogP contribution is 2.18. The van der Waals surface area contributed by atoms with Crippen molar-refractivity contribution in [3.63, 3.8) is 0 Å². The molecule has 2 N–H and O–H groups in total. The smallest absolute Gasteiger partial charge is 0.414 e. The standard InChI is InChI=1S/C13H20N2O4S2.C2H2O4/c1-2-12-20(16,17)14-8-10-15(11-9-14)21(18,19)13-6-4-3-5-7-13;3-1(4)2(5)6/h3-7H,2,8-12H2,1H3;(H,3,4)(H,5,6). The normalized spacial score (nSPS) is 16.2. The van der Waals surface area contributed by atoms with Crippen LogP contribution in [-0.4, -0.2) is 79.5 Å². The van der Waals surface area contributed by atoms with E-state index in [0.29, 0.717) is 6.42 Å². The molecule has 27 heavy (non-hydrogen) atoms. The van der Waals surface area contributed by atoms with E-state index in [2.05, 4.69) is 0 Å². The first-order chi connectivity index (χ1) is 12.5. The largest absolute Gasteiger partial charge is 0.473 e. The summed E-state index contributed by atoms with van der Waals surface area (Å²) in [6, 6.07) is 8.21. The Morgan fingerprint density at radius 3 is 1.74 bits per heavy atom. The maximum Gasteiger partial charge on any atom is 0.414 e. The quantitative estimate of drug-likeness (QED) is 0.624. The number of carbonyl (C=O) groups is 2. The summed E-state index contributed by atoms with van der Waals surface area (Å²) in [4.78, 5) is 18.4. The number of rotatable bonds is 5. The predicted molar refractivity (Wildman–Crippen MR) is 96.1 cm³/mol. The molecule has 0 unspecified atom stereocenters. The van der Waals surface area contributed by atoms with Crippen LogP contribution >= 0.6 is 0 Å². The Morgan fingerprint density at radius 2 is 1.33 bits per heavy atom. The molecule has 0 spiro atoms. The second-order valence-corrected chi connectivity index (χ2v) is 9.57. The molecule has 0 aromatic heterocycles. The number of piperazine rings is 1. The van der Waals surface area contributed by atoms with Gasteiger partial charge in [0.15, 0.2) is 0 Å². The number of aliphatic carboxylic acids is 2. The molecule has 1 aliphatic rings. The van der Waals surface area contributed by atoms with Crippen molar-refractivity contribution in [1.29, 1.82) is 0 Å². The molecule has 2 rings (SSSR count). The van der Waals surface area contributed by atoms with E-state index in [1.807, 2.05) is 6.92 Å². The maximum absolute atomic E-state index is 12.4.